The number of methoxy groups -OCH3 is 1. The molecular formula is C33H27FN2O4. The van der Waals surface area contributed by atoms with Crippen molar-refractivity contribution in [1.82, 2.24) is 5.32 Å². The van der Waals surface area contributed by atoms with Crippen molar-refractivity contribution in [3.8, 4) is 17.1 Å². The summed E-state index contributed by atoms with van der Waals surface area (Å²) in [5, 5.41) is 3.79. The van der Waals surface area contributed by atoms with E-state index in [1.54, 1.807) is 37.4 Å². The number of primary amides is 1. The number of rotatable bonds is 8. The molecule has 3 N–H and O–H groups in total. The third kappa shape index (κ3) is 4.71. The largest absolute Gasteiger partial charge is 0.496 e. The maximum atomic E-state index is 13.5. The fraction of sp³-hybridized carbons (Fsp3) is 0.152. The summed E-state index contributed by atoms with van der Waals surface area (Å²) < 4.78 is 25.0. The number of benzene rings is 4. The number of halogens is 1. The van der Waals surface area contributed by atoms with Crippen LogP contribution in [0.2, 0.25) is 0 Å². The second-order valence-corrected chi connectivity index (χ2v) is 10.1. The molecule has 1 aromatic heterocycles. The quantitative estimate of drug-likeness (QED) is 0.242. The molecule has 1 saturated carbocycles. The van der Waals surface area contributed by atoms with Crippen LogP contribution in [-0.4, -0.2) is 18.9 Å². The predicted molar refractivity (Wildman–Crippen MR) is 151 cm³/mol. The fourth-order valence-corrected chi connectivity index (χ4v) is 5.24. The molecule has 1 fully saturated rings. The van der Waals surface area contributed by atoms with E-state index >= 15 is 0 Å². The zero-order chi connectivity index (χ0) is 27.9. The molecule has 1 aliphatic rings. The Morgan fingerprint density at radius 1 is 0.975 bits per heavy atom. The van der Waals surface area contributed by atoms with E-state index in [1.807, 2.05) is 48.5 Å². The minimum atomic E-state index is -0.640. The van der Waals surface area contributed by atoms with Gasteiger partial charge in [0.05, 0.1) is 18.2 Å². The summed E-state index contributed by atoms with van der Waals surface area (Å²) in [6, 6.07) is 26.6. The van der Waals surface area contributed by atoms with E-state index in [9.17, 15) is 14.0 Å². The molecule has 0 atom stereocenters. The second kappa shape index (κ2) is 10.0. The van der Waals surface area contributed by atoms with Gasteiger partial charge in [0.15, 0.2) is 0 Å². The summed E-state index contributed by atoms with van der Waals surface area (Å²) in [6.07, 6.45) is 2.25. The highest BCUT2D eigenvalue weighted by atomic mass is 19.1. The zero-order valence-corrected chi connectivity index (χ0v) is 21.9. The molecule has 40 heavy (non-hydrogen) atoms. The van der Waals surface area contributed by atoms with Crippen LogP contribution in [0.1, 0.15) is 50.2 Å². The van der Waals surface area contributed by atoms with E-state index < -0.39 is 5.91 Å². The first kappa shape index (κ1) is 25.4. The Labute approximate surface area is 230 Å². The summed E-state index contributed by atoms with van der Waals surface area (Å²) >= 11 is 0. The monoisotopic (exact) mass is 534 g/mol. The Morgan fingerprint density at radius 2 is 1.73 bits per heavy atom. The van der Waals surface area contributed by atoms with Crippen molar-refractivity contribution >= 4 is 22.8 Å². The Bertz CT molecular complexity index is 1740. The summed E-state index contributed by atoms with van der Waals surface area (Å²) in [6.45, 7) is 0. The van der Waals surface area contributed by atoms with Crippen molar-refractivity contribution in [2.75, 3.05) is 7.11 Å². The van der Waals surface area contributed by atoms with Crippen molar-refractivity contribution < 1.29 is 23.1 Å². The van der Waals surface area contributed by atoms with Crippen LogP contribution in [-0.2, 0) is 12.0 Å². The zero-order valence-electron chi connectivity index (χ0n) is 21.9. The molecule has 0 bridgehead atoms. The SMILES string of the molecule is COc1ccc(C(=O)NC2(c3ccccc3)CC2)cc1Cc1ccc2oc(-c3ccc(F)cc3)c(C(N)=O)c2c1. The summed E-state index contributed by atoms with van der Waals surface area (Å²) in [5.74, 6) is -0.229. The van der Waals surface area contributed by atoms with E-state index in [-0.39, 0.29) is 22.8 Å². The average molecular weight is 535 g/mol. The number of amides is 2. The van der Waals surface area contributed by atoms with Crippen molar-refractivity contribution in [3.05, 3.63) is 125 Å². The Kier molecular flexibility index (Phi) is 6.34. The molecule has 4 aromatic carbocycles. The number of fused-ring (bicyclic) bond motifs is 1. The Balaban J connectivity index is 1.31. The lowest BCUT2D eigenvalue weighted by Gasteiger charge is -2.19. The second-order valence-electron chi connectivity index (χ2n) is 10.1. The maximum absolute atomic E-state index is 13.5. The van der Waals surface area contributed by atoms with Crippen LogP contribution in [0.4, 0.5) is 4.39 Å². The molecule has 0 radical (unpaired) electrons. The number of carbonyl (C=O) groups is 2. The summed E-state index contributed by atoms with van der Waals surface area (Å²) in [4.78, 5) is 25.8. The van der Waals surface area contributed by atoms with E-state index in [1.165, 1.54) is 12.1 Å². The lowest BCUT2D eigenvalue weighted by molar-refractivity contribution is 0.0929. The highest BCUT2D eigenvalue weighted by Gasteiger charge is 2.45. The molecule has 0 aliphatic heterocycles. The van der Waals surface area contributed by atoms with E-state index in [0.29, 0.717) is 40.0 Å². The third-order valence-corrected chi connectivity index (χ3v) is 7.47. The number of hydrogen-bond donors (Lipinski definition) is 2. The highest BCUT2D eigenvalue weighted by Crippen LogP contribution is 2.45. The van der Waals surface area contributed by atoms with Crippen molar-refractivity contribution in [1.29, 1.82) is 0 Å². The third-order valence-electron chi connectivity index (χ3n) is 7.47. The van der Waals surface area contributed by atoms with E-state index in [0.717, 1.165) is 29.5 Å². The summed E-state index contributed by atoms with van der Waals surface area (Å²) in [5.41, 5.74) is 10.1. The van der Waals surface area contributed by atoms with Gasteiger partial charge in [0.1, 0.15) is 22.9 Å². The molecule has 200 valence electrons. The highest BCUT2D eigenvalue weighted by molar-refractivity contribution is 6.10. The Morgan fingerprint density at radius 3 is 2.40 bits per heavy atom. The molecule has 7 heteroatoms. The molecule has 0 saturated heterocycles. The van der Waals surface area contributed by atoms with Gasteiger partial charge in [-0.25, -0.2) is 4.39 Å². The van der Waals surface area contributed by atoms with Gasteiger partial charge >= 0.3 is 0 Å². The van der Waals surface area contributed by atoms with Crippen LogP contribution >= 0.6 is 0 Å². The first-order chi connectivity index (χ1) is 19.4. The molecule has 2 amide bonds. The number of nitrogens with two attached hydrogens (primary N) is 1. The number of hydrogen-bond acceptors (Lipinski definition) is 4. The first-order valence-corrected chi connectivity index (χ1v) is 13.0. The van der Waals surface area contributed by atoms with Gasteiger partial charge < -0.3 is 20.2 Å². The molecule has 0 unspecified atom stereocenters. The topological polar surface area (TPSA) is 94.6 Å². The van der Waals surface area contributed by atoms with E-state index in [2.05, 4.69) is 5.32 Å². The normalized spacial score (nSPS) is 13.7. The fourth-order valence-electron chi connectivity index (χ4n) is 5.24. The van der Waals surface area contributed by atoms with Gasteiger partial charge in [-0.3, -0.25) is 9.59 Å². The molecule has 0 spiro atoms. The van der Waals surface area contributed by atoms with Gasteiger partial charge in [0, 0.05) is 22.9 Å². The predicted octanol–water partition coefficient (Wildman–Crippen LogP) is 6.36. The maximum Gasteiger partial charge on any atom is 0.253 e. The van der Waals surface area contributed by atoms with Gasteiger partial charge in [0.25, 0.3) is 11.8 Å². The van der Waals surface area contributed by atoms with Crippen LogP contribution in [0, 0.1) is 5.82 Å². The van der Waals surface area contributed by atoms with Crippen molar-refractivity contribution in [3.63, 3.8) is 0 Å². The standard InChI is InChI=1S/C33H27FN2O4/c1-39-27-14-10-22(32(38)36-33(15-16-33)24-5-3-2-4-6-24)19-23(27)17-20-7-13-28-26(18-20)29(31(35)37)30(40-28)21-8-11-25(34)12-9-21/h2-14,18-19H,15-17H2,1H3,(H2,35,37)(H,36,38). The molecule has 1 aliphatic carbocycles. The lowest BCUT2D eigenvalue weighted by atomic mass is 9.98. The Hall–Kier alpha value is -4.91. The number of ether oxygens (including phenoxy) is 1. The van der Waals surface area contributed by atoms with Gasteiger partial charge in [-0.2, -0.15) is 0 Å². The van der Waals surface area contributed by atoms with Crippen molar-refractivity contribution in [2.45, 2.75) is 24.8 Å². The summed E-state index contributed by atoms with van der Waals surface area (Å²) in [7, 11) is 1.59. The first-order valence-electron chi connectivity index (χ1n) is 13.0. The lowest BCUT2D eigenvalue weighted by Crippen LogP contribution is -2.34. The van der Waals surface area contributed by atoms with Gasteiger partial charge in [-0.05, 0) is 84.1 Å². The van der Waals surface area contributed by atoms with E-state index in [4.69, 9.17) is 14.9 Å². The van der Waals surface area contributed by atoms with Crippen molar-refractivity contribution in [2.24, 2.45) is 5.73 Å². The molecule has 6 rings (SSSR count). The van der Waals surface area contributed by atoms with Gasteiger partial charge in [-0.1, -0.05) is 36.4 Å². The minimum Gasteiger partial charge on any atom is -0.496 e. The minimum absolute atomic E-state index is 0.143. The van der Waals surface area contributed by atoms with Crippen LogP contribution in [0.25, 0.3) is 22.3 Å². The number of furan rings is 1. The average Bonchev–Trinajstić information content (AvgIpc) is 3.65. The van der Waals surface area contributed by atoms with Crippen LogP contribution in [0.15, 0.2) is 95.4 Å². The van der Waals surface area contributed by atoms with Crippen LogP contribution in [0.3, 0.4) is 0 Å². The molecule has 1 heterocycles. The van der Waals surface area contributed by atoms with Crippen LogP contribution in [0.5, 0.6) is 5.75 Å². The number of nitrogens with one attached hydrogen (secondary N) is 1. The van der Waals surface area contributed by atoms with Crippen LogP contribution < -0.4 is 15.8 Å². The van der Waals surface area contributed by atoms with Gasteiger partial charge in [0.2, 0.25) is 0 Å². The number of carbonyl (C=O) groups excluding carboxylic acids is 2. The molecule has 5 aromatic rings. The smallest absolute Gasteiger partial charge is 0.253 e. The van der Waals surface area contributed by atoms with Gasteiger partial charge in [-0.15, -0.1) is 0 Å². The molecular weight excluding hydrogens is 507 g/mol. The molecule has 6 nitrogen and oxygen atoms in total.